The van der Waals surface area contributed by atoms with Gasteiger partial charge in [-0.1, -0.05) is 0 Å². The molecule has 0 bridgehead atoms. The number of aliphatic hydroxyl groups is 1. The van der Waals surface area contributed by atoms with Gasteiger partial charge >= 0.3 is 0 Å². The molecule has 0 aliphatic rings. The molecule has 4 N–H and O–H groups in total. The molecule has 1 aromatic rings. The Bertz CT molecular complexity index is 366. The Hall–Kier alpha value is -1.62. The predicted molar refractivity (Wildman–Crippen MR) is 54.8 cm³/mol. The van der Waals surface area contributed by atoms with E-state index in [0.29, 0.717) is 0 Å². The van der Waals surface area contributed by atoms with Crippen LogP contribution in [0.3, 0.4) is 0 Å². The molecule has 5 heteroatoms. The molecule has 0 heterocycles. The minimum atomic E-state index is -0.619. The van der Waals surface area contributed by atoms with Crippen molar-refractivity contribution in [3.05, 3.63) is 29.6 Å². The summed E-state index contributed by atoms with van der Waals surface area (Å²) in [6, 6.07) is 3.72. The van der Waals surface area contributed by atoms with Crippen molar-refractivity contribution in [3.63, 3.8) is 0 Å². The Morgan fingerprint density at radius 2 is 2.33 bits per heavy atom. The maximum Gasteiger partial charge on any atom is 0.251 e. The van der Waals surface area contributed by atoms with Crippen molar-refractivity contribution in [3.8, 4) is 0 Å². The molecular formula is C10H13FN2O2. The van der Waals surface area contributed by atoms with E-state index in [9.17, 15) is 9.18 Å². The summed E-state index contributed by atoms with van der Waals surface area (Å²) < 4.78 is 12.8. The van der Waals surface area contributed by atoms with Crippen LogP contribution >= 0.6 is 0 Å². The van der Waals surface area contributed by atoms with Gasteiger partial charge in [0.05, 0.1) is 11.8 Å². The van der Waals surface area contributed by atoms with Crippen LogP contribution in [0.1, 0.15) is 17.3 Å². The molecular weight excluding hydrogens is 199 g/mol. The number of nitrogen functional groups attached to an aromatic ring is 1. The summed E-state index contributed by atoms with van der Waals surface area (Å²) in [4.78, 5) is 11.4. The van der Waals surface area contributed by atoms with E-state index >= 15 is 0 Å². The Balaban J connectivity index is 2.70. The van der Waals surface area contributed by atoms with Gasteiger partial charge in [0, 0.05) is 12.1 Å². The second-order valence-corrected chi connectivity index (χ2v) is 3.30. The van der Waals surface area contributed by atoms with E-state index < -0.39 is 11.9 Å². The van der Waals surface area contributed by atoms with Crippen LogP contribution in [-0.4, -0.2) is 23.7 Å². The quantitative estimate of drug-likeness (QED) is 0.639. The van der Waals surface area contributed by atoms with Crippen LogP contribution < -0.4 is 11.1 Å². The highest BCUT2D eigenvalue weighted by Crippen LogP contribution is 2.11. The number of hydrogen-bond donors (Lipinski definition) is 3. The van der Waals surface area contributed by atoms with Gasteiger partial charge in [-0.05, 0) is 25.1 Å². The Morgan fingerprint density at radius 1 is 1.67 bits per heavy atom. The maximum absolute atomic E-state index is 12.8. The number of hydrogen-bond acceptors (Lipinski definition) is 3. The first-order valence-corrected chi connectivity index (χ1v) is 4.52. The van der Waals surface area contributed by atoms with E-state index in [4.69, 9.17) is 10.8 Å². The van der Waals surface area contributed by atoms with Crippen molar-refractivity contribution < 1.29 is 14.3 Å². The molecule has 4 nitrogen and oxygen atoms in total. The first kappa shape index (κ1) is 11.5. The molecule has 0 saturated carbocycles. The first-order chi connectivity index (χ1) is 7.00. The van der Waals surface area contributed by atoms with Crippen molar-refractivity contribution in [2.45, 2.75) is 13.0 Å². The number of anilines is 1. The monoisotopic (exact) mass is 212 g/mol. The number of nitrogens with one attached hydrogen (secondary N) is 1. The number of carbonyl (C=O) groups excluding carboxylic acids is 1. The van der Waals surface area contributed by atoms with Crippen LogP contribution in [0.2, 0.25) is 0 Å². The molecule has 1 amide bonds. The molecule has 15 heavy (non-hydrogen) atoms. The fourth-order valence-electron chi connectivity index (χ4n) is 1.03. The van der Waals surface area contributed by atoms with E-state index in [1.807, 2.05) is 0 Å². The van der Waals surface area contributed by atoms with Crippen molar-refractivity contribution >= 4 is 11.6 Å². The third kappa shape index (κ3) is 3.21. The number of carbonyl (C=O) groups is 1. The number of aliphatic hydroxyl groups excluding tert-OH is 1. The fraction of sp³-hybridized carbons (Fsp3) is 0.300. The Labute approximate surface area is 86.9 Å². The van der Waals surface area contributed by atoms with E-state index in [2.05, 4.69) is 5.32 Å². The number of nitrogens with two attached hydrogens (primary N) is 1. The van der Waals surface area contributed by atoms with Gasteiger partial charge < -0.3 is 16.2 Å². The van der Waals surface area contributed by atoms with Gasteiger partial charge in [-0.2, -0.15) is 0 Å². The fourth-order valence-corrected chi connectivity index (χ4v) is 1.03. The molecule has 0 spiro atoms. The second-order valence-electron chi connectivity index (χ2n) is 3.30. The molecule has 0 radical (unpaired) electrons. The van der Waals surface area contributed by atoms with E-state index in [1.165, 1.54) is 12.1 Å². The van der Waals surface area contributed by atoms with Crippen LogP contribution in [-0.2, 0) is 0 Å². The molecule has 0 fully saturated rings. The number of benzene rings is 1. The van der Waals surface area contributed by atoms with E-state index in [1.54, 1.807) is 6.92 Å². The molecule has 1 rings (SSSR count). The molecule has 0 aliphatic heterocycles. The van der Waals surface area contributed by atoms with Crippen LogP contribution in [0.15, 0.2) is 18.2 Å². The van der Waals surface area contributed by atoms with Gasteiger partial charge in [0.1, 0.15) is 5.82 Å². The minimum Gasteiger partial charge on any atom is -0.396 e. The van der Waals surface area contributed by atoms with E-state index in [0.717, 1.165) is 6.07 Å². The number of halogens is 1. The highest BCUT2D eigenvalue weighted by molar-refractivity contribution is 5.95. The van der Waals surface area contributed by atoms with Crippen molar-refractivity contribution in [2.75, 3.05) is 12.3 Å². The molecule has 1 aromatic carbocycles. The van der Waals surface area contributed by atoms with Gasteiger partial charge in [0.25, 0.3) is 5.91 Å². The lowest BCUT2D eigenvalue weighted by molar-refractivity contribution is 0.0924. The molecule has 0 aliphatic carbocycles. The summed E-state index contributed by atoms with van der Waals surface area (Å²) >= 11 is 0. The summed E-state index contributed by atoms with van der Waals surface area (Å²) in [5.74, 6) is -0.940. The van der Waals surface area contributed by atoms with Gasteiger partial charge in [0.15, 0.2) is 0 Å². The first-order valence-electron chi connectivity index (χ1n) is 4.52. The van der Waals surface area contributed by atoms with Crippen molar-refractivity contribution in [1.82, 2.24) is 5.32 Å². The molecule has 0 aromatic heterocycles. The number of rotatable bonds is 3. The van der Waals surface area contributed by atoms with E-state index in [-0.39, 0.29) is 23.7 Å². The lowest BCUT2D eigenvalue weighted by atomic mass is 10.2. The normalized spacial score (nSPS) is 12.2. The average molecular weight is 212 g/mol. The summed E-state index contributed by atoms with van der Waals surface area (Å²) in [5.41, 5.74) is 5.51. The van der Waals surface area contributed by atoms with Gasteiger partial charge in [-0.25, -0.2) is 4.39 Å². The second kappa shape index (κ2) is 4.75. The summed E-state index contributed by atoms with van der Waals surface area (Å²) in [6.07, 6.45) is -0.619. The average Bonchev–Trinajstić information content (AvgIpc) is 2.18. The van der Waals surface area contributed by atoms with Gasteiger partial charge in [-0.3, -0.25) is 4.79 Å². The summed E-state index contributed by atoms with van der Waals surface area (Å²) in [7, 11) is 0. The predicted octanol–water partition coefficient (Wildman–Crippen LogP) is 0.519. The summed E-state index contributed by atoms with van der Waals surface area (Å²) in [6.45, 7) is 1.70. The largest absolute Gasteiger partial charge is 0.396 e. The van der Waals surface area contributed by atoms with Gasteiger partial charge in [-0.15, -0.1) is 0 Å². The number of amides is 1. The topological polar surface area (TPSA) is 75.3 Å². The van der Waals surface area contributed by atoms with Gasteiger partial charge in [0.2, 0.25) is 0 Å². The molecule has 0 saturated heterocycles. The minimum absolute atomic E-state index is 0.0697. The highest BCUT2D eigenvalue weighted by atomic mass is 19.1. The van der Waals surface area contributed by atoms with Crippen molar-refractivity contribution in [1.29, 1.82) is 0 Å². The zero-order chi connectivity index (χ0) is 11.4. The summed E-state index contributed by atoms with van der Waals surface area (Å²) in [5, 5.41) is 11.4. The molecule has 1 atom stereocenters. The lowest BCUT2D eigenvalue weighted by Gasteiger charge is -2.07. The SMILES string of the molecule is C[C@H](O)CNC(=O)c1ccc(F)c(N)c1. The van der Waals surface area contributed by atoms with Crippen LogP contribution in [0.25, 0.3) is 0 Å². The van der Waals surface area contributed by atoms with Crippen molar-refractivity contribution in [2.24, 2.45) is 0 Å². The lowest BCUT2D eigenvalue weighted by Crippen LogP contribution is -2.30. The standard InChI is InChI=1S/C10H13FN2O2/c1-6(14)5-13-10(15)7-2-3-8(11)9(12)4-7/h2-4,6,14H,5,12H2,1H3,(H,13,15)/t6-/m0/s1. The Morgan fingerprint density at radius 3 is 2.87 bits per heavy atom. The van der Waals surface area contributed by atoms with Crippen LogP contribution in [0.5, 0.6) is 0 Å². The van der Waals surface area contributed by atoms with Crippen LogP contribution in [0.4, 0.5) is 10.1 Å². The third-order valence-corrected chi connectivity index (χ3v) is 1.82. The maximum atomic E-state index is 12.8. The molecule has 82 valence electrons. The third-order valence-electron chi connectivity index (χ3n) is 1.82. The van der Waals surface area contributed by atoms with Crippen LogP contribution in [0, 0.1) is 5.82 Å². The smallest absolute Gasteiger partial charge is 0.251 e. The highest BCUT2D eigenvalue weighted by Gasteiger charge is 2.08. The zero-order valence-electron chi connectivity index (χ0n) is 8.33. The Kier molecular flexibility index (Phi) is 3.62. The zero-order valence-corrected chi connectivity index (χ0v) is 8.33. The molecule has 0 unspecified atom stereocenters.